The van der Waals surface area contributed by atoms with Crippen molar-refractivity contribution < 1.29 is 80.5 Å². The first-order chi connectivity index (χ1) is 19.6. The fourth-order valence-electron chi connectivity index (χ4n) is 1.93. The SMILES string of the molecule is CCCCC(=O)[O-].CCCCC(=O)[O-].CCCCC(=O)[O-].CCCCC(=O)[O-].CCCCC(=O)[O-].CCCCC(=O)[O-].[Mo+6]. The molecule has 0 fully saturated rings. The van der Waals surface area contributed by atoms with Crippen molar-refractivity contribution >= 4 is 35.8 Å². The zero-order chi connectivity index (χ0) is 34.2. The van der Waals surface area contributed by atoms with Crippen LogP contribution in [0.15, 0.2) is 0 Å². The van der Waals surface area contributed by atoms with E-state index in [-0.39, 0.29) is 59.6 Å². The molecule has 0 saturated carbocycles. The quantitative estimate of drug-likeness (QED) is 0.165. The molecule has 0 N–H and O–H groups in total. The summed E-state index contributed by atoms with van der Waals surface area (Å²) < 4.78 is 0. The van der Waals surface area contributed by atoms with Crippen LogP contribution in [0.25, 0.3) is 0 Å². The van der Waals surface area contributed by atoms with E-state index in [1.165, 1.54) is 0 Å². The number of carboxylic acids is 6. The summed E-state index contributed by atoms with van der Waals surface area (Å²) in [6, 6.07) is 0. The van der Waals surface area contributed by atoms with Gasteiger partial charge in [-0.05, 0) is 77.0 Å². The van der Waals surface area contributed by atoms with E-state index < -0.39 is 35.8 Å². The number of carboxylic acid groups (broad SMARTS) is 6. The molecule has 0 spiro atoms. The Labute approximate surface area is 272 Å². The maximum Gasteiger partial charge on any atom is 6.00 e. The van der Waals surface area contributed by atoms with Gasteiger partial charge >= 0.3 is 21.1 Å². The summed E-state index contributed by atoms with van der Waals surface area (Å²) >= 11 is 0. The number of rotatable bonds is 18. The van der Waals surface area contributed by atoms with Crippen LogP contribution in [0.3, 0.4) is 0 Å². The third-order valence-electron chi connectivity index (χ3n) is 4.41. The summed E-state index contributed by atoms with van der Waals surface area (Å²) in [5.41, 5.74) is 0. The molecule has 0 rings (SSSR count). The molecule has 0 aliphatic heterocycles. The van der Waals surface area contributed by atoms with E-state index in [9.17, 15) is 59.4 Å². The Morgan fingerprint density at radius 2 is 0.395 bits per heavy atom. The summed E-state index contributed by atoms with van der Waals surface area (Å²) in [6.07, 6.45) is 11.2. The van der Waals surface area contributed by atoms with Gasteiger partial charge in [-0.25, -0.2) is 0 Å². The van der Waals surface area contributed by atoms with Gasteiger partial charge in [-0.15, -0.1) is 0 Å². The van der Waals surface area contributed by atoms with Gasteiger partial charge in [-0.2, -0.15) is 0 Å². The van der Waals surface area contributed by atoms with Crippen molar-refractivity contribution in [2.45, 2.75) is 157 Å². The van der Waals surface area contributed by atoms with Gasteiger partial charge in [-0.3, -0.25) is 0 Å². The summed E-state index contributed by atoms with van der Waals surface area (Å²) in [5, 5.41) is 57.9. The van der Waals surface area contributed by atoms with E-state index >= 15 is 0 Å². The number of unbranched alkanes of at least 4 members (excludes halogenated alkanes) is 6. The Morgan fingerprint density at radius 1 is 0.302 bits per heavy atom. The molecule has 0 aliphatic rings. The summed E-state index contributed by atoms with van der Waals surface area (Å²) in [6.45, 7) is 11.7. The van der Waals surface area contributed by atoms with Gasteiger partial charge in [0.1, 0.15) is 0 Å². The average molecular weight is 703 g/mol. The first-order valence-electron chi connectivity index (χ1n) is 14.8. The van der Waals surface area contributed by atoms with Gasteiger partial charge in [0, 0.05) is 35.8 Å². The largest absolute Gasteiger partial charge is 6.00 e. The molecule has 0 bridgehead atoms. The molecule has 0 aliphatic carbocycles. The second-order valence-corrected chi connectivity index (χ2v) is 8.85. The first kappa shape index (κ1) is 56.3. The van der Waals surface area contributed by atoms with Gasteiger partial charge in [-0.1, -0.05) is 80.1 Å². The van der Waals surface area contributed by atoms with Gasteiger partial charge in [0.25, 0.3) is 0 Å². The predicted octanol–water partition coefficient (Wildman–Crippen LogP) is -0.443. The van der Waals surface area contributed by atoms with Crippen molar-refractivity contribution in [3.05, 3.63) is 0 Å². The van der Waals surface area contributed by atoms with Crippen LogP contribution in [0.2, 0.25) is 0 Å². The van der Waals surface area contributed by atoms with Crippen LogP contribution in [0.1, 0.15) is 157 Å². The molecule has 0 unspecified atom stereocenters. The van der Waals surface area contributed by atoms with Crippen molar-refractivity contribution in [1.29, 1.82) is 0 Å². The van der Waals surface area contributed by atoms with Crippen molar-refractivity contribution in [3.63, 3.8) is 0 Å². The molecule has 0 heterocycles. The van der Waals surface area contributed by atoms with E-state index in [1.807, 2.05) is 41.5 Å². The molecular formula is C30H54MoO12. The molecule has 0 radical (unpaired) electrons. The third-order valence-corrected chi connectivity index (χ3v) is 4.41. The van der Waals surface area contributed by atoms with Gasteiger partial charge in [0.05, 0.1) is 0 Å². The molecule has 0 atom stereocenters. The summed E-state index contributed by atoms with van der Waals surface area (Å²) in [4.78, 5) is 57.9. The predicted molar refractivity (Wildman–Crippen MR) is 147 cm³/mol. The number of carbonyl (C=O) groups is 6. The molecule has 0 aromatic rings. The van der Waals surface area contributed by atoms with Crippen LogP contribution < -0.4 is 30.6 Å². The van der Waals surface area contributed by atoms with Gasteiger partial charge < -0.3 is 59.4 Å². The third kappa shape index (κ3) is 120. The standard InChI is InChI=1S/6C5H10O2.Mo/c6*1-2-3-4-5(6)7;/h6*2-4H2,1H3,(H,6,7);/q;;;;;;+6/p-6. The minimum atomic E-state index is -0.943. The van der Waals surface area contributed by atoms with Gasteiger partial charge in [0.15, 0.2) is 0 Å². The average Bonchev–Trinajstić information content (AvgIpc) is 2.91. The summed E-state index contributed by atoms with van der Waals surface area (Å²) in [5.74, 6) is -5.66. The van der Waals surface area contributed by atoms with Gasteiger partial charge in [0.2, 0.25) is 0 Å². The zero-order valence-corrected chi connectivity index (χ0v) is 29.0. The molecule has 0 amide bonds. The molecule has 0 aromatic heterocycles. The van der Waals surface area contributed by atoms with Crippen LogP contribution in [0.4, 0.5) is 0 Å². The molecule has 0 saturated heterocycles. The minimum absolute atomic E-state index is 0. The number of hydrogen-bond acceptors (Lipinski definition) is 12. The molecule has 0 aromatic carbocycles. The smallest absolute Gasteiger partial charge is 0.550 e. The fourth-order valence-corrected chi connectivity index (χ4v) is 1.93. The normalized spacial score (nSPS) is 8.51. The van der Waals surface area contributed by atoms with Crippen molar-refractivity contribution in [2.75, 3.05) is 0 Å². The second kappa shape index (κ2) is 52.2. The molecule has 252 valence electrons. The first-order valence-corrected chi connectivity index (χ1v) is 14.8. The molecule has 43 heavy (non-hydrogen) atoms. The maximum atomic E-state index is 9.65. The van der Waals surface area contributed by atoms with Crippen molar-refractivity contribution in [3.8, 4) is 0 Å². The Balaban J connectivity index is -0.0000000720. The minimum Gasteiger partial charge on any atom is -0.550 e. The number of carbonyl (C=O) groups excluding carboxylic acids is 6. The van der Waals surface area contributed by atoms with Crippen LogP contribution in [0, 0.1) is 0 Å². The summed E-state index contributed by atoms with van der Waals surface area (Å²) in [7, 11) is 0. The van der Waals surface area contributed by atoms with Crippen LogP contribution >= 0.6 is 0 Å². The van der Waals surface area contributed by atoms with Crippen LogP contribution in [-0.4, -0.2) is 35.8 Å². The monoisotopic (exact) mass is 704 g/mol. The van der Waals surface area contributed by atoms with E-state index in [1.54, 1.807) is 0 Å². The fraction of sp³-hybridized carbons (Fsp3) is 0.800. The Kier molecular flexibility index (Phi) is 68.3. The van der Waals surface area contributed by atoms with Crippen molar-refractivity contribution in [2.24, 2.45) is 0 Å². The van der Waals surface area contributed by atoms with Crippen molar-refractivity contribution in [1.82, 2.24) is 0 Å². The molecular weight excluding hydrogens is 648 g/mol. The Hall–Kier alpha value is -2.49. The molecule has 12 nitrogen and oxygen atoms in total. The van der Waals surface area contributed by atoms with E-state index in [0.717, 1.165) is 77.0 Å². The van der Waals surface area contributed by atoms with Crippen LogP contribution in [-0.2, 0) is 49.8 Å². The van der Waals surface area contributed by atoms with E-state index in [2.05, 4.69) is 0 Å². The zero-order valence-electron chi connectivity index (χ0n) is 27.0. The Morgan fingerprint density at radius 3 is 0.419 bits per heavy atom. The number of aliphatic carboxylic acids is 6. The molecule has 13 heteroatoms. The second-order valence-electron chi connectivity index (χ2n) is 8.85. The topological polar surface area (TPSA) is 241 Å². The Bertz CT molecular complexity index is 501. The van der Waals surface area contributed by atoms with Crippen LogP contribution in [0.5, 0.6) is 0 Å². The maximum absolute atomic E-state index is 9.65. The van der Waals surface area contributed by atoms with E-state index in [0.29, 0.717) is 0 Å². The number of hydrogen-bond donors (Lipinski definition) is 0. The van der Waals surface area contributed by atoms with E-state index in [4.69, 9.17) is 0 Å².